The number of carbonyl (C=O) groups is 1. The first kappa shape index (κ1) is 16.4. The van der Waals surface area contributed by atoms with Gasteiger partial charge in [0.1, 0.15) is 10.7 Å². The van der Waals surface area contributed by atoms with Gasteiger partial charge in [-0.25, -0.2) is 0 Å². The van der Waals surface area contributed by atoms with E-state index in [1.807, 2.05) is 36.1 Å². The van der Waals surface area contributed by atoms with E-state index in [4.69, 9.17) is 28.4 Å². The number of hydrogen-bond donors (Lipinski definition) is 2. The molecule has 1 amide bonds. The maximum Gasteiger partial charge on any atom is 0.231 e. The van der Waals surface area contributed by atoms with Crippen LogP contribution in [-0.4, -0.2) is 42.0 Å². The van der Waals surface area contributed by atoms with Crippen LogP contribution in [0.5, 0.6) is 5.75 Å². The van der Waals surface area contributed by atoms with Crippen molar-refractivity contribution in [2.75, 3.05) is 26.2 Å². The normalized spacial score (nSPS) is 10.5. The zero-order valence-electron chi connectivity index (χ0n) is 11.7. The van der Waals surface area contributed by atoms with Gasteiger partial charge in [0.2, 0.25) is 5.91 Å². The molecule has 0 radical (unpaired) electrons. The van der Waals surface area contributed by atoms with Gasteiger partial charge in [0.15, 0.2) is 0 Å². The molecule has 110 valence electrons. The number of nitrogens with two attached hydrogens (primary N) is 2. The summed E-state index contributed by atoms with van der Waals surface area (Å²) in [5.41, 5.74) is 11.5. The molecule has 4 N–H and O–H groups in total. The zero-order valence-corrected chi connectivity index (χ0v) is 12.5. The van der Waals surface area contributed by atoms with Gasteiger partial charge in [-0.15, -0.1) is 0 Å². The van der Waals surface area contributed by atoms with Gasteiger partial charge in [-0.3, -0.25) is 9.69 Å². The second kappa shape index (κ2) is 8.50. The number of primary amides is 1. The molecular formula is C14H21N3O2S. The van der Waals surface area contributed by atoms with Crippen LogP contribution in [-0.2, 0) is 4.79 Å². The number of carbonyl (C=O) groups excluding carboxylic acids is 1. The molecule has 0 aliphatic heterocycles. The third-order valence-corrected chi connectivity index (χ3v) is 3.09. The Labute approximate surface area is 124 Å². The van der Waals surface area contributed by atoms with Crippen LogP contribution in [0.1, 0.15) is 18.9 Å². The average molecular weight is 295 g/mol. The third kappa shape index (κ3) is 5.99. The van der Waals surface area contributed by atoms with Crippen LogP contribution < -0.4 is 16.2 Å². The first-order chi connectivity index (χ1) is 9.52. The number of benzene rings is 1. The molecule has 0 aliphatic carbocycles. The lowest BCUT2D eigenvalue weighted by Crippen LogP contribution is -2.34. The van der Waals surface area contributed by atoms with Crippen LogP contribution in [0.15, 0.2) is 24.3 Å². The molecule has 0 saturated heterocycles. The van der Waals surface area contributed by atoms with Crippen molar-refractivity contribution in [2.45, 2.75) is 13.3 Å². The van der Waals surface area contributed by atoms with Crippen molar-refractivity contribution in [3.05, 3.63) is 29.8 Å². The Kier molecular flexibility index (Phi) is 6.97. The van der Waals surface area contributed by atoms with Crippen molar-refractivity contribution < 1.29 is 9.53 Å². The lowest BCUT2D eigenvalue weighted by Gasteiger charge is -2.18. The van der Waals surface area contributed by atoms with Crippen molar-refractivity contribution in [3.63, 3.8) is 0 Å². The molecule has 20 heavy (non-hydrogen) atoms. The van der Waals surface area contributed by atoms with Crippen LogP contribution in [0.2, 0.25) is 0 Å². The van der Waals surface area contributed by atoms with Gasteiger partial charge < -0.3 is 16.2 Å². The van der Waals surface area contributed by atoms with Gasteiger partial charge in [0.25, 0.3) is 0 Å². The van der Waals surface area contributed by atoms with Gasteiger partial charge in [-0.1, -0.05) is 19.1 Å². The summed E-state index contributed by atoms with van der Waals surface area (Å²) in [6, 6.07) is 7.36. The van der Waals surface area contributed by atoms with E-state index >= 15 is 0 Å². The smallest absolute Gasteiger partial charge is 0.231 e. The quantitative estimate of drug-likeness (QED) is 0.522. The Bertz CT molecular complexity index is 448. The average Bonchev–Trinajstić information content (AvgIpc) is 2.42. The number of nitrogens with zero attached hydrogens (tertiary/aromatic N) is 1. The fraction of sp³-hybridized carbons (Fsp3) is 0.429. The molecular weight excluding hydrogens is 274 g/mol. The van der Waals surface area contributed by atoms with Crippen LogP contribution >= 0.6 is 12.2 Å². The van der Waals surface area contributed by atoms with E-state index in [1.54, 1.807) is 0 Å². The van der Waals surface area contributed by atoms with E-state index in [0.717, 1.165) is 30.8 Å². The van der Waals surface area contributed by atoms with Gasteiger partial charge in [0, 0.05) is 12.1 Å². The van der Waals surface area contributed by atoms with E-state index in [1.165, 1.54) is 0 Å². The Morgan fingerprint density at radius 3 is 2.45 bits per heavy atom. The summed E-state index contributed by atoms with van der Waals surface area (Å²) in [6.07, 6.45) is 0.832. The highest BCUT2D eigenvalue weighted by Gasteiger charge is 2.05. The van der Waals surface area contributed by atoms with Crippen LogP contribution in [0.25, 0.3) is 0 Å². The van der Waals surface area contributed by atoms with E-state index in [2.05, 4.69) is 0 Å². The molecule has 0 fully saturated rings. The zero-order chi connectivity index (χ0) is 15.0. The Morgan fingerprint density at radius 2 is 1.95 bits per heavy atom. The van der Waals surface area contributed by atoms with Crippen LogP contribution in [0.3, 0.4) is 0 Å². The van der Waals surface area contributed by atoms with Gasteiger partial charge in [-0.2, -0.15) is 0 Å². The SMILES string of the molecule is CCN(CCCOc1ccc(C(N)=S)cc1)CC(N)=O. The fourth-order valence-electron chi connectivity index (χ4n) is 1.76. The van der Waals surface area contributed by atoms with Gasteiger partial charge >= 0.3 is 0 Å². The van der Waals surface area contributed by atoms with Gasteiger partial charge in [-0.05, 0) is 37.2 Å². The summed E-state index contributed by atoms with van der Waals surface area (Å²) in [6.45, 7) is 4.45. The standard InChI is InChI=1S/C14H21N3O2S/c1-2-17(10-13(15)18)8-3-9-19-12-6-4-11(5-7-12)14(16)20/h4-7H,2-3,8-10H2,1H3,(H2,15,18)(H2,16,20). The first-order valence-electron chi connectivity index (χ1n) is 6.56. The minimum absolute atomic E-state index is 0.291. The number of thiocarbonyl (C=S) groups is 1. The largest absolute Gasteiger partial charge is 0.494 e. The summed E-state index contributed by atoms with van der Waals surface area (Å²) >= 11 is 4.88. The van der Waals surface area contributed by atoms with Crippen molar-refractivity contribution in [1.82, 2.24) is 4.90 Å². The molecule has 0 heterocycles. The molecule has 6 heteroatoms. The fourth-order valence-corrected chi connectivity index (χ4v) is 1.90. The molecule has 0 spiro atoms. The Balaban J connectivity index is 2.29. The third-order valence-electron chi connectivity index (χ3n) is 2.85. The molecule has 1 aromatic rings. The second-order valence-corrected chi connectivity index (χ2v) is 4.87. The van der Waals surface area contributed by atoms with Crippen molar-refractivity contribution >= 4 is 23.1 Å². The highest BCUT2D eigenvalue weighted by molar-refractivity contribution is 7.80. The highest BCUT2D eigenvalue weighted by Crippen LogP contribution is 2.12. The van der Waals surface area contributed by atoms with Crippen molar-refractivity contribution in [1.29, 1.82) is 0 Å². The maximum absolute atomic E-state index is 10.8. The minimum atomic E-state index is -0.305. The monoisotopic (exact) mass is 295 g/mol. The molecule has 0 bridgehead atoms. The lowest BCUT2D eigenvalue weighted by molar-refractivity contribution is -0.119. The Hall–Kier alpha value is -1.66. The number of hydrogen-bond acceptors (Lipinski definition) is 4. The predicted molar refractivity (Wildman–Crippen MR) is 83.7 cm³/mol. The molecule has 0 saturated carbocycles. The number of likely N-dealkylation sites (N-methyl/N-ethyl adjacent to an activating group) is 1. The highest BCUT2D eigenvalue weighted by atomic mass is 32.1. The number of rotatable bonds is 9. The maximum atomic E-state index is 10.8. The summed E-state index contributed by atoms with van der Waals surface area (Å²) in [7, 11) is 0. The number of amides is 1. The summed E-state index contributed by atoms with van der Waals surface area (Å²) in [4.78, 5) is 13.2. The van der Waals surface area contributed by atoms with Crippen molar-refractivity contribution in [2.24, 2.45) is 11.5 Å². The Morgan fingerprint density at radius 1 is 1.30 bits per heavy atom. The van der Waals surface area contributed by atoms with Crippen LogP contribution in [0.4, 0.5) is 0 Å². The predicted octanol–water partition coefficient (Wildman–Crippen LogP) is 0.897. The lowest BCUT2D eigenvalue weighted by atomic mass is 10.2. The topological polar surface area (TPSA) is 81.6 Å². The van der Waals surface area contributed by atoms with E-state index in [0.29, 0.717) is 18.1 Å². The number of ether oxygens (including phenoxy) is 1. The molecule has 0 aliphatic rings. The van der Waals surface area contributed by atoms with Gasteiger partial charge in [0.05, 0.1) is 13.2 Å². The minimum Gasteiger partial charge on any atom is -0.494 e. The van der Waals surface area contributed by atoms with E-state index in [-0.39, 0.29) is 5.91 Å². The molecule has 0 atom stereocenters. The van der Waals surface area contributed by atoms with Crippen LogP contribution in [0, 0.1) is 0 Å². The van der Waals surface area contributed by atoms with Crippen molar-refractivity contribution in [3.8, 4) is 5.75 Å². The summed E-state index contributed by atoms with van der Waals surface area (Å²) in [5.74, 6) is 0.476. The molecule has 5 nitrogen and oxygen atoms in total. The molecule has 0 unspecified atom stereocenters. The second-order valence-electron chi connectivity index (χ2n) is 4.43. The van der Waals surface area contributed by atoms with E-state index in [9.17, 15) is 4.79 Å². The molecule has 0 aromatic heterocycles. The summed E-state index contributed by atoms with van der Waals surface area (Å²) in [5, 5.41) is 0. The van der Waals surface area contributed by atoms with E-state index < -0.39 is 0 Å². The summed E-state index contributed by atoms with van der Waals surface area (Å²) < 4.78 is 5.61. The molecule has 1 aromatic carbocycles. The molecule has 1 rings (SSSR count). The first-order valence-corrected chi connectivity index (χ1v) is 6.97.